The van der Waals surface area contributed by atoms with Crippen LogP contribution in [-0.2, 0) is 7.05 Å². The van der Waals surface area contributed by atoms with Crippen LogP contribution < -0.4 is 10.2 Å². The predicted octanol–water partition coefficient (Wildman–Crippen LogP) is 0.378. The average molecular weight is 217 g/mol. The van der Waals surface area contributed by atoms with Gasteiger partial charge >= 0.3 is 0 Å². The van der Waals surface area contributed by atoms with Crippen molar-refractivity contribution in [2.75, 3.05) is 31.1 Å². The number of nitrogens with one attached hydrogen (secondary N) is 1. The van der Waals surface area contributed by atoms with E-state index in [1.54, 1.807) is 0 Å². The van der Waals surface area contributed by atoms with Gasteiger partial charge in [0.1, 0.15) is 11.0 Å². The van der Waals surface area contributed by atoms with Crippen LogP contribution in [0.3, 0.4) is 0 Å². The van der Waals surface area contributed by atoms with Gasteiger partial charge in [0.2, 0.25) is 0 Å². The minimum Gasteiger partial charge on any atom is -0.367 e. The lowest BCUT2D eigenvalue weighted by Crippen LogP contribution is -2.43. The van der Waals surface area contributed by atoms with Gasteiger partial charge < -0.3 is 10.2 Å². The van der Waals surface area contributed by atoms with E-state index in [9.17, 15) is 0 Å². The summed E-state index contributed by atoms with van der Waals surface area (Å²) < 4.78 is 1.85. The summed E-state index contributed by atoms with van der Waals surface area (Å²) >= 11 is 0. The molecule has 0 atom stereocenters. The Kier molecular flexibility index (Phi) is 2.25. The van der Waals surface area contributed by atoms with E-state index in [0.29, 0.717) is 0 Å². The first-order chi connectivity index (χ1) is 7.86. The first kappa shape index (κ1) is 9.59. The standard InChI is InChI=1S/C11H15N5/c1-15-11-9(13-14-15)3-2-4-10(11)16-7-5-12-6-8-16/h2-4,12H,5-8H2,1H3. The quantitative estimate of drug-likeness (QED) is 0.750. The molecule has 5 heteroatoms. The van der Waals surface area contributed by atoms with Crippen molar-refractivity contribution in [2.45, 2.75) is 0 Å². The first-order valence-corrected chi connectivity index (χ1v) is 5.60. The third kappa shape index (κ3) is 1.44. The molecule has 0 bridgehead atoms. The number of aryl methyl sites for hydroxylation is 1. The van der Waals surface area contributed by atoms with E-state index in [4.69, 9.17) is 0 Å². The highest BCUT2D eigenvalue weighted by atomic mass is 15.4. The maximum Gasteiger partial charge on any atom is 0.115 e. The van der Waals surface area contributed by atoms with Gasteiger partial charge in [-0.25, -0.2) is 4.68 Å². The predicted molar refractivity (Wildman–Crippen MR) is 63.6 cm³/mol. The zero-order valence-corrected chi connectivity index (χ0v) is 9.35. The molecule has 0 amide bonds. The monoisotopic (exact) mass is 217 g/mol. The van der Waals surface area contributed by atoms with Crippen LogP contribution in [0.4, 0.5) is 5.69 Å². The highest BCUT2D eigenvalue weighted by Crippen LogP contribution is 2.24. The Bertz CT molecular complexity index is 498. The fraction of sp³-hybridized carbons (Fsp3) is 0.455. The van der Waals surface area contributed by atoms with Crippen molar-refractivity contribution >= 4 is 16.7 Å². The van der Waals surface area contributed by atoms with E-state index >= 15 is 0 Å². The number of nitrogens with zero attached hydrogens (tertiary/aromatic N) is 4. The molecule has 1 N–H and O–H groups in total. The molecule has 1 aromatic carbocycles. The summed E-state index contributed by atoms with van der Waals surface area (Å²) in [7, 11) is 1.95. The van der Waals surface area contributed by atoms with Crippen molar-refractivity contribution in [3.63, 3.8) is 0 Å². The van der Waals surface area contributed by atoms with Gasteiger partial charge in [-0.05, 0) is 12.1 Å². The van der Waals surface area contributed by atoms with Crippen molar-refractivity contribution in [1.82, 2.24) is 20.3 Å². The maximum absolute atomic E-state index is 4.14. The maximum atomic E-state index is 4.14. The second-order valence-electron chi connectivity index (χ2n) is 4.09. The van der Waals surface area contributed by atoms with Crippen LogP contribution in [0.2, 0.25) is 0 Å². The largest absolute Gasteiger partial charge is 0.367 e. The van der Waals surface area contributed by atoms with Crippen LogP contribution in [0.25, 0.3) is 11.0 Å². The molecule has 0 aliphatic carbocycles. The highest BCUT2D eigenvalue weighted by Gasteiger charge is 2.15. The Morgan fingerprint density at radius 3 is 2.88 bits per heavy atom. The summed E-state index contributed by atoms with van der Waals surface area (Å²) in [6.07, 6.45) is 0. The van der Waals surface area contributed by atoms with Gasteiger partial charge in [-0.2, -0.15) is 0 Å². The van der Waals surface area contributed by atoms with Crippen molar-refractivity contribution in [1.29, 1.82) is 0 Å². The Morgan fingerprint density at radius 1 is 1.25 bits per heavy atom. The van der Waals surface area contributed by atoms with Gasteiger partial charge in [-0.3, -0.25) is 0 Å². The Morgan fingerprint density at radius 2 is 2.06 bits per heavy atom. The minimum absolute atomic E-state index is 0.971. The normalized spacial score (nSPS) is 16.9. The van der Waals surface area contributed by atoms with E-state index in [-0.39, 0.29) is 0 Å². The number of aromatic nitrogens is 3. The Balaban J connectivity index is 2.10. The Labute approximate surface area is 94.0 Å². The molecule has 5 nitrogen and oxygen atoms in total. The van der Waals surface area contributed by atoms with Crippen LogP contribution in [0, 0.1) is 0 Å². The molecular weight excluding hydrogens is 202 g/mol. The lowest BCUT2D eigenvalue weighted by molar-refractivity contribution is 0.589. The highest BCUT2D eigenvalue weighted by molar-refractivity contribution is 5.88. The number of hydrogen-bond donors (Lipinski definition) is 1. The van der Waals surface area contributed by atoms with Crippen molar-refractivity contribution in [3.8, 4) is 0 Å². The third-order valence-electron chi connectivity index (χ3n) is 3.06. The fourth-order valence-corrected chi connectivity index (χ4v) is 2.25. The summed E-state index contributed by atoms with van der Waals surface area (Å²) in [6, 6.07) is 6.21. The van der Waals surface area contributed by atoms with Gasteiger partial charge in [0.25, 0.3) is 0 Å². The van der Waals surface area contributed by atoms with Crippen LogP contribution in [0.1, 0.15) is 0 Å². The summed E-state index contributed by atoms with van der Waals surface area (Å²) in [5.74, 6) is 0. The smallest absolute Gasteiger partial charge is 0.115 e. The van der Waals surface area contributed by atoms with Gasteiger partial charge in [0.15, 0.2) is 0 Å². The SMILES string of the molecule is Cn1nnc2cccc(N3CCNCC3)c21. The summed E-state index contributed by atoms with van der Waals surface area (Å²) in [5, 5.41) is 11.6. The number of para-hydroxylation sites is 1. The fourth-order valence-electron chi connectivity index (χ4n) is 2.25. The Hall–Kier alpha value is -1.62. The average Bonchev–Trinajstić information content (AvgIpc) is 2.73. The van der Waals surface area contributed by atoms with Gasteiger partial charge in [0, 0.05) is 33.2 Å². The molecule has 3 rings (SSSR count). The number of benzene rings is 1. The number of fused-ring (bicyclic) bond motifs is 1. The van der Waals surface area contributed by atoms with E-state index in [1.165, 1.54) is 5.69 Å². The van der Waals surface area contributed by atoms with Gasteiger partial charge in [-0.1, -0.05) is 11.3 Å². The molecule has 0 radical (unpaired) electrons. The number of piperazine rings is 1. The summed E-state index contributed by atoms with van der Waals surface area (Å²) in [6.45, 7) is 4.18. The molecule has 2 heterocycles. The van der Waals surface area contributed by atoms with Crippen LogP contribution in [0.15, 0.2) is 18.2 Å². The third-order valence-corrected chi connectivity index (χ3v) is 3.06. The second kappa shape index (κ2) is 3.75. The number of hydrogen-bond acceptors (Lipinski definition) is 4. The minimum atomic E-state index is 0.971. The van der Waals surface area contributed by atoms with E-state index in [0.717, 1.165) is 37.2 Å². The second-order valence-corrected chi connectivity index (χ2v) is 4.09. The molecule has 1 aliphatic rings. The number of rotatable bonds is 1. The van der Waals surface area contributed by atoms with Crippen molar-refractivity contribution in [2.24, 2.45) is 7.05 Å². The molecule has 16 heavy (non-hydrogen) atoms. The number of anilines is 1. The van der Waals surface area contributed by atoms with Crippen LogP contribution >= 0.6 is 0 Å². The molecular formula is C11H15N5. The van der Waals surface area contributed by atoms with Gasteiger partial charge in [0.05, 0.1) is 5.69 Å². The lowest BCUT2D eigenvalue weighted by Gasteiger charge is -2.29. The van der Waals surface area contributed by atoms with E-state index in [1.807, 2.05) is 23.9 Å². The lowest BCUT2D eigenvalue weighted by atomic mass is 10.2. The van der Waals surface area contributed by atoms with Crippen LogP contribution in [0.5, 0.6) is 0 Å². The van der Waals surface area contributed by atoms with Crippen LogP contribution in [-0.4, -0.2) is 41.2 Å². The molecule has 1 aromatic heterocycles. The first-order valence-electron chi connectivity index (χ1n) is 5.60. The topological polar surface area (TPSA) is 46.0 Å². The molecule has 0 spiro atoms. The van der Waals surface area contributed by atoms with Gasteiger partial charge in [-0.15, -0.1) is 5.10 Å². The molecule has 0 saturated carbocycles. The molecule has 2 aromatic rings. The van der Waals surface area contributed by atoms with E-state index < -0.39 is 0 Å². The zero-order valence-electron chi connectivity index (χ0n) is 9.35. The summed E-state index contributed by atoms with van der Waals surface area (Å²) in [5.41, 5.74) is 3.34. The molecule has 1 saturated heterocycles. The van der Waals surface area contributed by atoms with Crippen molar-refractivity contribution < 1.29 is 0 Å². The molecule has 0 unspecified atom stereocenters. The van der Waals surface area contributed by atoms with E-state index in [2.05, 4.69) is 26.6 Å². The molecule has 84 valence electrons. The van der Waals surface area contributed by atoms with Crippen molar-refractivity contribution in [3.05, 3.63) is 18.2 Å². The molecule has 1 aliphatic heterocycles. The molecule has 1 fully saturated rings. The zero-order chi connectivity index (χ0) is 11.0. The summed E-state index contributed by atoms with van der Waals surface area (Å²) in [4.78, 5) is 2.39.